The lowest BCUT2D eigenvalue weighted by molar-refractivity contribution is -0.148. The standard InChI is InChI=1S/C22H26N2O4/c1-13-5-7-18(9-14(13)2)24-15(3)10-19(16(24)4)20(25)12-28-22(27)17-6-8-21(26)23-11-17/h5,7,9-10,17H,6,8,11-12H2,1-4H3,(H,23,26)/t17-/m0/s1. The Morgan fingerprint density at radius 3 is 2.54 bits per heavy atom. The molecule has 1 fully saturated rings. The van der Waals surface area contributed by atoms with Crippen LogP contribution in [0.3, 0.4) is 0 Å². The molecule has 28 heavy (non-hydrogen) atoms. The van der Waals surface area contributed by atoms with Crippen molar-refractivity contribution in [2.24, 2.45) is 5.92 Å². The Labute approximate surface area is 164 Å². The third kappa shape index (κ3) is 4.01. The molecule has 1 saturated heterocycles. The number of nitrogens with one attached hydrogen (secondary N) is 1. The van der Waals surface area contributed by atoms with Crippen molar-refractivity contribution in [3.8, 4) is 5.69 Å². The lowest BCUT2D eigenvalue weighted by Crippen LogP contribution is -2.39. The molecule has 2 aromatic rings. The molecule has 148 valence electrons. The summed E-state index contributed by atoms with van der Waals surface area (Å²) in [5.41, 5.74) is 5.74. The molecule has 6 nitrogen and oxygen atoms in total. The SMILES string of the molecule is Cc1ccc(-n2c(C)cc(C(=O)COC(=O)[C@H]3CCC(=O)NC3)c2C)cc1C. The zero-order valence-electron chi connectivity index (χ0n) is 16.8. The number of carbonyl (C=O) groups excluding carboxylic acids is 3. The number of aromatic nitrogens is 1. The molecule has 1 aliphatic heterocycles. The summed E-state index contributed by atoms with van der Waals surface area (Å²) in [4.78, 5) is 36.0. The number of aryl methyl sites for hydroxylation is 3. The fraction of sp³-hybridized carbons (Fsp3) is 0.409. The number of hydrogen-bond acceptors (Lipinski definition) is 4. The number of amides is 1. The second-order valence-corrected chi connectivity index (χ2v) is 7.46. The molecule has 0 bridgehead atoms. The maximum Gasteiger partial charge on any atom is 0.311 e. The van der Waals surface area contributed by atoms with Gasteiger partial charge in [-0.1, -0.05) is 6.07 Å². The highest BCUT2D eigenvalue weighted by atomic mass is 16.5. The van der Waals surface area contributed by atoms with Gasteiger partial charge in [-0.3, -0.25) is 14.4 Å². The Morgan fingerprint density at radius 1 is 1.14 bits per heavy atom. The average Bonchev–Trinajstić information content (AvgIpc) is 2.97. The average molecular weight is 382 g/mol. The third-order valence-corrected chi connectivity index (χ3v) is 5.42. The lowest BCUT2D eigenvalue weighted by atomic mass is 9.99. The van der Waals surface area contributed by atoms with Gasteiger partial charge in [0.2, 0.25) is 11.7 Å². The summed E-state index contributed by atoms with van der Waals surface area (Å²) in [6.45, 7) is 7.96. The molecule has 1 aromatic carbocycles. The highest BCUT2D eigenvalue weighted by Crippen LogP contribution is 2.23. The third-order valence-electron chi connectivity index (χ3n) is 5.42. The van der Waals surface area contributed by atoms with Crippen molar-refractivity contribution >= 4 is 17.7 Å². The molecular weight excluding hydrogens is 356 g/mol. The second kappa shape index (κ2) is 8.00. The van der Waals surface area contributed by atoms with Crippen LogP contribution in [0.4, 0.5) is 0 Å². The molecule has 0 radical (unpaired) electrons. The molecular formula is C22H26N2O4. The van der Waals surface area contributed by atoms with Gasteiger partial charge >= 0.3 is 5.97 Å². The zero-order valence-corrected chi connectivity index (χ0v) is 16.8. The van der Waals surface area contributed by atoms with E-state index in [2.05, 4.69) is 31.3 Å². The second-order valence-electron chi connectivity index (χ2n) is 7.46. The van der Waals surface area contributed by atoms with Crippen molar-refractivity contribution in [1.82, 2.24) is 9.88 Å². The van der Waals surface area contributed by atoms with E-state index in [9.17, 15) is 14.4 Å². The number of ether oxygens (including phenoxy) is 1. The molecule has 0 aliphatic carbocycles. The van der Waals surface area contributed by atoms with Crippen LogP contribution in [0.1, 0.15) is 45.7 Å². The van der Waals surface area contributed by atoms with Crippen molar-refractivity contribution in [1.29, 1.82) is 0 Å². The molecule has 2 heterocycles. The number of hydrogen-bond donors (Lipinski definition) is 1. The van der Waals surface area contributed by atoms with Crippen molar-refractivity contribution in [2.45, 2.75) is 40.5 Å². The maximum atomic E-state index is 12.7. The van der Waals surface area contributed by atoms with E-state index in [1.807, 2.05) is 30.5 Å². The van der Waals surface area contributed by atoms with Gasteiger partial charge in [0, 0.05) is 35.6 Å². The molecule has 3 rings (SSSR count). The van der Waals surface area contributed by atoms with Crippen LogP contribution in [0.2, 0.25) is 0 Å². The minimum Gasteiger partial charge on any atom is -0.457 e. The Balaban J connectivity index is 1.71. The smallest absolute Gasteiger partial charge is 0.311 e. The van der Waals surface area contributed by atoms with E-state index in [0.717, 1.165) is 17.1 Å². The van der Waals surface area contributed by atoms with Crippen LogP contribution < -0.4 is 5.32 Å². The number of piperidine rings is 1. The van der Waals surface area contributed by atoms with E-state index in [4.69, 9.17) is 4.74 Å². The van der Waals surface area contributed by atoms with Crippen molar-refractivity contribution in [2.75, 3.05) is 13.2 Å². The molecule has 1 aliphatic rings. The highest BCUT2D eigenvalue weighted by Gasteiger charge is 2.27. The van der Waals surface area contributed by atoms with Gasteiger partial charge < -0.3 is 14.6 Å². The van der Waals surface area contributed by atoms with Gasteiger partial charge in [-0.05, 0) is 63.4 Å². The Bertz CT molecular complexity index is 932. The first-order chi connectivity index (χ1) is 13.3. The number of benzene rings is 1. The number of Topliss-reactive ketones (excluding diaryl/α,β-unsaturated/α-hetero) is 1. The highest BCUT2D eigenvalue weighted by molar-refractivity contribution is 5.99. The Morgan fingerprint density at radius 2 is 1.89 bits per heavy atom. The molecule has 6 heteroatoms. The molecule has 1 N–H and O–H groups in total. The first kappa shape index (κ1) is 19.9. The van der Waals surface area contributed by atoms with E-state index in [1.54, 1.807) is 0 Å². The minimum absolute atomic E-state index is 0.0566. The summed E-state index contributed by atoms with van der Waals surface area (Å²) in [7, 11) is 0. The molecule has 1 atom stereocenters. The van der Waals surface area contributed by atoms with Gasteiger partial charge in [-0.2, -0.15) is 0 Å². The number of rotatable bonds is 5. The number of esters is 1. The predicted molar refractivity (Wildman–Crippen MR) is 106 cm³/mol. The molecule has 0 unspecified atom stereocenters. The Hall–Kier alpha value is -2.89. The number of ketones is 1. The summed E-state index contributed by atoms with van der Waals surface area (Å²) in [6, 6.07) is 8.03. The van der Waals surface area contributed by atoms with E-state index >= 15 is 0 Å². The van der Waals surface area contributed by atoms with Crippen molar-refractivity contribution in [3.05, 3.63) is 52.3 Å². The van der Waals surface area contributed by atoms with E-state index < -0.39 is 5.97 Å². The normalized spacial score (nSPS) is 16.6. The zero-order chi connectivity index (χ0) is 20.4. The largest absolute Gasteiger partial charge is 0.457 e. The summed E-state index contributed by atoms with van der Waals surface area (Å²) < 4.78 is 7.27. The van der Waals surface area contributed by atoms with Gasteiger partial charge in [0.15, 0.2) is 6.61 Å². The van der Waals surface area contributed by atoms with Gasteiger partial charge in [-0.25, -0.2) is 0 Å². The van der Waals surface area contributed by atoms with Gasteiger partial charge in [0.25, 0.3) is 0 Å². The summed E-state index contributed by atoms with van der Waals surface area (Å²) in [5, 5.41) is 2.65. The molecule has 0 spiro atoms. The summed E-state index contributed by atoms with van der Waals surface area (Å²) in [5.74, 6) is -1.10. The van der Waals surface area contributed by atoms with Crippen LogP contribution >= 0.6 is 0 Å². The minimum atomic E-state index is -0.434. The lowest BCUT2D eigenvalue weighted by Gasteiger charge is -2.20. The first-order valence-electron chi connectivity index (χ1n) is 9.51. The monoisotopic (exact) mass is 382 g/mol. The molecule has 1 amide bonds. The molecule has 0 saturated carbocycles. The van der Waals surface area contributed by atoms with E-state index in [1.165, 1.54) is 11.1 Å². The van der Waals surface area contributed by atoms with Crippen LogP contribution in [0.25, 0.3) is 5.69 Å². The Kier molecular flexibility index (Phi) is 5.68. The number of nitrogens with zero attached hydrogens (tertiary/aromatic N) is 1. The fourth-order valence-electron chi connectivity index (χ4n) is 3.57. The van der Waals surface area contributed by atoms with Crippen molar-refractivity contribution in [3.63, 3.8) is 0 Å². The van der Waals surface area contributed by atoms with Crippen LogP contribution in [0.5, 0.6) is 0 Å². The van der Waals surface area contributed by atoms with Gasteiger partial charge in [-0.15, -0.1) is 0 Å². The quantitative estimate of drug-likeness (QED) is 0.637. The van der Waals surface area contributed by atoms with Crippen LogP contribution in [-0.2, 0) is 14.3 Å². The van der Waals surface area contributed by atoms with E-state index in [0.29, 0.717) is 18.4 Å². The van der Waals surface area contributed by atoms with Crippen LogP contribution in [0, 0.1) is 33.6 Å². The van der Waals surface area contributed by atoms with Crippen LogP contribution in [0.15, 0.2) is 24.3 Å². The number of carbonyl (C=O) groups is 3. The molecule has 1 aromatic heterocycles. The van der Waals surface area contributed by atoms with Gasteiger partial charge in [0.1, 0.15) is 0 Å². The van der Waals surface area contributed by atoms with Gasteiger partial charge in [0.05, 0.1) is 5.92 Å². The summed E-state index contributed by atoms with van der Waals surface area (Å²) in [6.07, 6.45) is 0.769. The van der Waals surface area contributed by atoms with Crippen LogP contribution in [-0.4, -0.2) is 35.4 Å². The summed E-state index contributed by atoms with van der Waals surface area (Å²) >= 11 is 0. The van der Waals surface area contributed by atoms with Crippen molar-refractivity contribution < 1.29 is 19.1 Å². The topological polar surface area (TPSA) is 77.4 Å². The predicted octanol–water partition coefficient (Wildman–Crippen LogP) is 2.96. The first-order valence-corrected chi connectivity index (χ1v) is 9.51. The van der Waals surface area contributed by atoms with E-state index in [-0.39, 0.29) is 30.8 Å². The fourth-order valence-corrected chi connectivity index (χ4v) is 3.57. The maximum absolute atomic E-state index is 12.7.